The number of aliphatic hydroxyl groups is 2. The molecule has 5 nitrogen and oxygen atoms in total. The van der Waals surface area contributed by atoms with Crippen LogP contribution in [0.1, 0.15) is 77.7 Å². The lowest BCUT2D eigenvalue weighted by Crippen LogP contribution is -2.22. The zero-order valence-electron chi connectivity index (χ0n) is 28.8. The third-order valence-corrected chi connectivity index (χ3v) is 4.15. The molecule has 0 saturated heterocycles. The molecule has 2 aromatic carbocycles. The highest BCUT2D eigenvalue weighted by Gasteiger charge is 2.09. The maximum absolute atomic E-state index is 10.8. The molecule has 1 atom stereocenters. The number of rotatable bonds is 16. The quantitative estimate of drug-likeness (QED) is 0.303. The van der Waals surface area contributed by atoms with Gasteiger partial charge in [0.15, 0.2) is 0 Å². The smallest absolute Gasteiger partial charge is 0.121 e. The van der Waals surface area contributed by atoms with Gasteiger partial charge in [0.25, 0.3) is 0 Å². The summed E-state index contributed by atoms with van der Waals surface area (Å²) in [6.07, 6.45) is -1.56. The Labute approximate surface area is 197 Å². The van der Waals surface area contributed by atoms with E-state index in [4.69, 9.17) is 21.2 Å². The van der Waals surface area contributed by atoms with Crippen LogP contribution in [-0.2, 0) is 17.7 Å². The summed E-state index contributed by atoms with van der Waals surface area (Å²) in [7, 11) is 0. The summed E-state index contributed by atoms with van der Waals surface area (Å²) in [5.74, 6) is -1.29. The molecule has 2 aromatic rings. The third kappa shape index (κ3) is 9.72. The van der Waals surface area contributed by atoms with Crippen LogP contribution in [0.15, 0.2) is 48.5 Å². The minimum absolute atomic E-state index is 0.0573. The summed E-state index contributed by atoms with van der Waals surface area (Å²) in [6.45, 7) is -11.2. The van der Waals surface area contributed by atoms with E-state index < -0.39 is 67.2 Å². The number of hydrogen-bond donors (Lipinski definition) is 4. The molecule has 0 aliphatic rings. The molecule has 1 unspecified atom stereocenters. The maximum Gasteiger partial charge on any atom is 0.121 e. The predicted molar refractivity (Wildman–Crippen MR) is 121 cm³/mol. The number of benzene rings is 2. The van der Waals surface area contributed by atoms with Gasteiger partial charge in [0.1, 0.15) is 5.75 Å². The van der Waals surface area contributed by atoms with Crippen molar-refractivity contribution >= 4 is 0 Å². The average molecular weight is 428 g/mol. The largest absolute Gasteiger partial charge is 0.508 e. The molecule has 30 heavy (non-hydrogen) atoms. The van der Waals surface area contributed by atoms with Crippen LogP contribution in [0.25, 0.3) is 0 Å². The van der Waals surface area contributed by atoms with Gasteiger partial charge >= 0.3 is 0 Å². The first-order valence-corrected chi connectivity index (χ1v) is 9.88. The molecule has 4 N–H and O–H groups in total. The molecule has 0 saturated carbocycles. The number of phenols is 1. The van der Waals surface area contributed by atoms with Crippen molar-refractivity contribution in [1.82, 2.24) is 5.32 Å². The van der Waals surface area contributed by atoms with Crippen molar-refractivity contribution in [1.29, 1.82) is 0 Å². The van der Waals surface area contributed by atoms with Crippen molar-refractivity contribution < 1.29 is 36.5 Å². The first-order chi connectivity index (χ1) is 19.1. The Hall–Kier alpha value is -1.92. The molecule has 2 rings (SSSR count). The Bertz CT molecular complexity index is 1190. The van der Waals surface area contributed by atoms with Crippen LogP contribution < -0.4 is 5.32 Å². The van der Waals surface area contributed by atoms with Crippen molar-refractivity contribution in [2.45, 2.75) is 57.6 Å². The molecule has 0 aromatic heterocycles. The van der Waals surface area contributed by atoms with E-state index in [0.717, 1.165) is 12.8 Å². The summed E-state index contributed by atoms with van der Waals surface area (Å²) >= 11 is 0. The Morgan fingerprint density at radius 3 is 2.67 bits per heavy atom. The highest BCUT2D eigenvalue weighted by molar-refractivity contribution is 5.36. The zero-order valence-corrected chi connectivity index (χ0v) is 16.8. The van der Waals surface area contributed by atoms with E-state index in [-0.39, 0.29) is 32.3 Å². The van der Waals surface area contributed by atoms with Crippen molar-refractivity contribution in [3.05, 3.63) is 65.1 Å². The second-order valence-electron chi connectivity index (χ2n) is 6.50. The number of hydrogen-bond acceptors (Lipinski definition) is 5. The van der Waals surface area contributed by atoms with Gasteiger partial charge in [0.05, 0.1) is 23.6 Å². The SMILES string of the molecule is [2H]c1c([2H])c(C([2H])(O)C([2H])([2H])NC([2H])([2H])CCCCC([2H])([2H])OCCCCc2ccccc2)c([2H])c(C([2H])([2H])O)c1O. The van der Waals surface area contributed by atoms with Crippen LogP contribution in [0.5, 0.6) is 5.75 Å². The van der Waals surface area contributed by atoms with Crippen molar-refractivity contribution in [2.75, 3.05) is 26.2 Å². The van der Waals surface area contributed by atoms with E-state index in [2.05, 4.69) is 0 Å². The monoisotopic (exact) mass is 427 g/mol. The summed E-state index contributed by atoms with van der Waals surface area (Å²) in [6, 6.07) is 6.19. The first kappa shape index (κ1) is 12.2. The molecular formula is C25H37NO4. The standard InChI is InChI=1S/C25H37NO4/c27-20-23-18-22(13-14-24(23)28)25(29)19-26-15-7-1-2-8-16-30-17-9-6-12-21-10-4-3-5-11-21/h3-5,10-11,13-14,18,25-29H,1-2,6-9,12,15-17,19-20H2/i13D,14D,15D2,16D2,18D,19D2,20D2,25D. The van der Waals surface area contributed by atoms with Crippen molar-refractivity contribution in [3.63, 3.8) is 0 Å². The van der Waals surface area contributed by atoms with Gasteiger partial charge in [0, 0.05) is 30.7 Å². The van der Waals surface area contributed by atoms with E-state index in [1.54, 1.807) is 0 Å². The zero-order chi connectivity index (χ0) is 32.1. The molecule has 0 amide bonds. The summed E-state index contributed by atoms with van der Waals surface area (Å²) in [5, 5.41) is 32.3. The number of ether oxygens (including phenoxy) is 1. The normalized spacial score (nSPS) is 21.0. The van der Waals surface area contributed by atoms with Gasteiger partial charge in [-0.3, -0.25) is 0 Å². The van der Waals surface area contributed by atoms with Crippen molar-refractivity contribution in [3.8, 4) is 5.75 Å². The Balaban J connectivity index is 1.97. The van der Waals surface area contributed by atoms with Crippen LogP contribution in [0, 0.1) is 0 Å². The van der Waals surface area contributed by atoms with Crippen molar-refractivity contribution in [2.24, 2.45) is 0 Å². The molecule has 0 bridgehead atoms. The number of unbranched alkanes of at least 4 members (excludes halogenated alkanes) is 2. The van der Waals surface area contributed by atoms with Gasteiger partial charge in [-0.1, -0.05) is 49.2 Å². The van der Waals surface area contributed by atoms with E-state index in [1.807, 2.05) is 35.6 Å². The Morgan fingerprint density at radius 2 is 1.87 bits per heavy atom. The molecular weight excluding hydrogens is 378 g/mol. The van der Waals surface area contributed by atoms with Crippen LogP contribution in [0.2, 0.25) is 0 Å². The van der Waals surface area contributed by atoms with Gasteiger partial charge < -0.3 is 25.4 Å². The number of nitrogens with one attached hydrogen (secondary N) is 1. The molecule has 166 valence electrons. The molecule has 0 aliphatic heterocycles. The topological polar surface area (TPSA) is 82.0 Å². The fourth-order valence-electron chi connectivity index (χ4n) is 2.53. The highest BCUT2D eigenvalue weighted by Crippen LogP contribution is 2.22. The van der Waals surface area contributed by atoms with Crippen LogP contribution in [-0.4, -0.2) is 41.5 Å². The van der Waals surface area contributed by atoms with Crippen LogP contribution in [0.4, 0.5) is 0 Å². The lowest BCUT2D eigenvalue weighted by molar-refractivity contribution is 0.126. The van der Waals surface area contributed by atoms with Gasteiger partial charge in [-0.2, -0.15) is 0 Å². The van der Waals surface area contributed by atoms with Gasteiger partial charge in [-0.15, -0.1) is 0 Å². The second kappa shape index (κ2) is 15.0. The molecule has 0 fully saturated rings. The third-order valence-electron chi connectivity index (χ3n) is 4.15. The summed E-state index contributed by atoms with van der Waals surface area (Å²) in [5.41, 5.74) is -1.34. The van der Waals surface area contributed by atoms with Gasteiger partial charge in [-0.25, -0.2) is 0 Å². The fraction of sp³-hybridized carbons (Fsp3) is 0.520. The first-order valence-electron chi connectivity index (χ1n) is 15.9. The van der Waals surface area contributed by atoms with Gasteiger partial charge in [-0.05, 0) is 61.8 Å². The molecule has 0 spiro atoms. The Kier molecular flexibility index (Phi) is 6.09. The van der Waals surface area contributed by atoms with Crippen LogP contribution in [0.3, 0.4) is 0 Å². The van der Waals surface area contributed by atoms with Gasteiger partial charge in [0.2, 0.25) is 0 Å². The van der Waals surface area contributed by atoms with E-state index in [1.165, 1.54) is 5.56 Å². The molecule has 0 aliphatic carbocycles. The molecule has 0 heterocycles. The number of aryl methyl sites for hydroxylation is 1. The van der Waals surface area contributed by atoms with E-state index >= 15 is 0 Å². The predicted octanol–water partition coefficient (Wildman–Crippen LogP) is 4.11. The van der Waals surface area contributed by atoms with E-state index in [0.29, 0.717) is 6.42 Å². The minimum atomic E-state index is -3.65. The maximum atomic E-state index is 10.8. The average Bonchev–Trinajstić information content (AvgIpc) is 2.84. The lowest BCUT2D eigenvalue weighted by atomic mass is 10.1. The van der Waals surface area contributed by atoms with E-state index in [9.17, 15) is 15.3 Å². The van der Waals surface area contributed by atoms with Crippen LogP contribution >= 0.6 is 0 Å². The highest BCUT2D eigenvalue weighted by atomic mass is 16.5. The molecule has 5 heteroatoms. The summed E-state index contributed by atoms with van der Waals surface area (Å²) < 4.78 is 101. The lowest BCUT2D eigenvalue weighted by Gasteiger charge is -2.14. The summed E-state index contributed by atoms with van der Waals surface area (Å²) in [4.78, 5) is 0. The second-order valence-corrected chi connectivity index (χ2v) is 6.50. The fourth-order valence-corrected chi connectivity index (χ4v) is 2.53. The Morgan fingerprint density at radius 1 is 1.07 bits per heavy atom. The number of aromatic hydroxyl groups is 1. The molecule has 0 radical (unpaired) electrons. The minimum Gasteiger partial charge on any atom is -0.508 e.